The molecule has 0 unspecified atom stereocenters. The number of benzene rings is 1. The van der Waals surface area contributed by atoms with Crippen LogP contribution in [0.1, 0.15) is 30.0 Å². The fraction of sp³-hybridized carbons (Fsp3) is 0.176. The van der Waals surface area contributed by atoms with Gasteiger partial charge >= 0.3 is 5.97 Å². The van der Waals surface area contributed by atoms with E-state index in [0.29, 0.717) is 5.56 Å². The molecule has 0 radical (unpaired) electrons. The van der Waals surface area contributed by atoms with Crippen molar-refractivity contribution in [3.63, 3.8) is 0 Å². The van der Waals surface area contributed by atoms with Crippen LogP contribution in [0, 0.1) is 10.1 Å². The van der Waals surface area contributed by atoms with Crippen molar-refractivity contribution in [3.05, 3.63) is 69.8 Å². The lowest BCUT2D eigenvalue weighted by molar-refractivity contribution is -0.384. The third-order valence-corrected chi connectivity index (χ3v) is 2.95. The van der Waals surface area contributed by atoms with Crippen molar-refractivity contribution in [2.75, 3.05) is 0 Å². The van der Waals surface area contributed by atoms with E-state index >= 15 is 0 Å². The zero-order valence-electron chi connectivity index (χ0n) is 13.6. The van der Waals surface area contributed by atoms with Gasteiger partial charge in [-0.1, -0.05) is 12.1 Å². The highest BCUT2D eigenvalue weighted by Crippen LogP contribution is 2.16. The van der Waals surface area contributed by atoms with Gasteiger partial charge in [-0.3, -0.25) is 14.9 Å². The van der Waals surface area contributed by atoms with E-state index in [1.807, 2.05) is 0 Å². The zero-order chi connectivity index (χ0) is 18.4. The summed E-state index contributed by atoms with van der Waals surface area (Å²) in [6.07, 6.45) is 2.23. The molecule has 130 valence electrons. The van der Waals surface area contributed by atoms with Crippen LogP contribution in [0.15, 0.2) is 52.8 Å². The number of hydrogen-bond acceptors (Lipinski definition) is 6. The summed E-state index contributed by atoms with van der Waals surface area (Å²) in [4.78, 5) is 34.6. The highest BCUT2D eigenvalue weighted by molar-refractivity contribution is 6.02. The average molecular weight is 344 g/mol. The van der Waals surface area contributed by atoms with E-state index in [1.54, 1.807) is 19.9 Å². The number of nitrogens with zero attached hydrogens (tertiary/aromatic N) is 1. The van der Waals surface area contributed by atoms with Gasteiger partial charge in [0.25, 0.3) is 11.6 Å². The highest BCUT2D eigenvalue weighted by Gasteiger charge is 2.19. The van der Waals surface area contributed by atoms with Gasteiger partial charge in [0.2, 0.25) is 0 Å². The van der Waals surface area contributed by atoms with Crippen molar-refractivity contribution in [3.8, 4) is 0 Å². The number of hydrogen-bond donors (Lipinski definition) is 1. The molecule has 1 amide bonds. The fourth-order valence-corrected chi connectivity index (χ4v) is 1.91. The first-order chi connectivity index (χ1) is 11.9. The van der Waals surface area contributed by atoms with E-state index < -0.39 is 22.9 Å². The summed E-state index contributed by atoms with van der Waals surface area (Å²) in [5.41, 5.74) is 0.0722. The molecule has 1 aromatic carbocycles. The number of rotatable bonds is 6. The molecular weight excluding hydrogens is 328 g/mol. The van der Waals surface area contributed by atoms with Crippen LogP contribution in [0.3, 0.4) is 0 Å². The third kappa shape index (κ3) is 5.03. The zero-order valence-corrected chi connectivity index (χ0v) is 13.6. The Bertz CT molecular complexity index is 808. The van der Waals surface area contributed by atoms with E-state index in [9.17, 15) is 19.7 Å². The molecule has 1 N–H and O–H groups in total. The van der Waals surface area contributed by atoms with Gasteiger partial charge in [0.05, 0.1) is 17.3 Å². The molecule has 0 atom stereocenters. The summed E-state index contributed by atoms with van der Waals surface area (Å²) in [6.45, 7) is 3.33. The van der Waals surface area contributed by atoms with Gasteiger partial charge in [-0.05, 0) is 37.6 Å². The van der Waals surface area contributed by atoms with Crippen LogP contribution < -0.4 is 5.32 Å². The van der Waals surface area contributed by atoms with E-state index in [0.717, 1.165) is 0 Å². The molecule has 8 heteroatoms. The largest absolute Gasteiger partial charge is 0.459 e. The number of amides is 1. The van der Waals surface area contributed by atoms with Gasteiger partial charge in [0.1, 0.15) is 5.70 Å². The smallest absolute Gasteiger partial charge is 0.355 e. The van der Waals surface area contributed by atoms with Crippen LogP contribution in [0.2, 0.25) is 0 Å². The van der Waals surface area contributed by atoms with E-state index in [4.69, 9.17) is 9.15 Å². The van der Waals surface area contributed by atoms with Gasteiger partial charge in [0.15, 0.2) is 5.76 Å². The lowest BCUT2D eigenvalue weighted by Gasteiger charge is -2.11. The number of esters is 1. The van der Waals surface area contributed by atoms with Crippen LogP contribution in [-0.4, -0.2) is 22.9 Å². The van der Waals surface area contributed by atoms with Crippen molar-refractivity contribution in [1.82, 2.24) is 5.32 Å². The molecule has 0 aliphatic rings. The normalized spacial score (nSPS) is 11.2. The van der Waals surface area contributed by atoms with Crippen molar-refractivity contribution in [2.24, 2.45) is 0 Å². The Hall–Kier alpha value is -3.42. The second kappa shape index (κ2) is 7.91. The predicted octanol–water partition coefficient (Wildman–Crippen LogP) is 2.91. The third-order valence-electron chi connectivity index (χ3n) is 2.95. The number of non-ortho nitro benzene ring substituents is 1. The first-order valence-electron chi connectivity index (χ1n) is 7.39. The highest BCUT2D eigenvalue weighted by atomic mass is 16.6. The molecule has 1 aromatic heterocycles. The van der Waals surface area contributed by atoms with Gasteiger partial charge in [0, 0.05) is 12.1 Å². The fourth-order valence-electron chi connectivity index (χ4n) is 1.91. The molecule has 0 aliphatic heterocycles. The molecule has 0 saturated heterocycles. The number of nitro benzene ring substituents is 1. The summed E-state index contributed by atoms with van der Waals surface area (Å²) >= 11 is 0. The summed E-state index contributed by atoms with van der Waals surface area (Å²) < 4.78 is 10.1. The minimum atomic E-state index is -0.763. The molecule has 25 heavy (non-hydrogen) atoms. The summed E-state index contributed by atoms with van der Waals surface area (Å²) in [5, 5.41) is 13.3. The first-order valence-corrected chi connectivity index (χ1v) is 7.39. The maximum absolute atomic E-state index is 12.2. The quantitative estimate of drug-likeness (QED) is 0.373. The number of carbonyl (C=O) groups excluding carboxylic acids is 2. The summed E-state index contributed by atoms with van der Waals surface area (Å²) in [5.74, 6) is -1.38. The number of carbonyl (C=O) groups is 2. The van der Waals surface area contributed by atoms with E-state index in [-0.39, 0.29) is 17.1 Å². The van der Waals surface area contributed by atoms with Crippen LogP contribution in [0.25, 0.3) is 6.08 Å². The van der Waals surface area contributed by atoms with Crippen molar-refractivity contribution < 1.29 is 23.7 Å². The molecular formula is C17H16N2O6. The van der Waals surface area contributed by atoms with Gasteiger partial charge in [-0.2, -0.15) is 0 Å². The topological polar surface area (TPSA) is 112 Å². The standard InChI is InChI=1S/C17H16N2O6/c1-11(2)25-17(21)14(18-16(20)15-7-4-8-24-15)10-12-5-3-6-13(9-12)19(22)23/h3-11H,1-2H3,(H,18,20)/b14-10+. The lowest BCUT2D eigenvalue weighted by Crippen LogP contribution is -2.29. The number of nitro groups is 1. The maximum atomic E-state index is 12.2. The number of nitrogens with one attached hydrogen (secondary N) is 1. The molecule has 0 saturated carbocycles. The number of furan rings is 1. The Morgan fingerprint density at radius 2 is 2.04 bits per heavy atom. The molecule has 0 aliphatic carbocycles. The second-order valence-corrected chi connectivity index (χ2v) is 5.30. The summed E-state index contributed by atoms with van der Waals surface area (Å²) in [6, 6.07) is 8.62. The lowest BCUT2D eigenvalue weighted by atomic mass is 10.1. The minimum absolute atomic E-state index is 0.0160. The van der Waals surface area contributed by atoms with Crippen molar-refractivity contribution >= 4 is 23.6 Å². The molecule has 2 aromatic rings. The second-order valence-electron chi connectivity index (χ2n) is 5.30. The number of ether oxygens (including phenoxy) is 1. The van der Waals surface area contributed by atoms with Crippen LogP contribution in [0.4, 0.5) is 5.69 Å². The minimum Gasteiger partial charge on any atom is -0.459 e. The Kier molecular flexibility index (Phi) is 5.67. The van der Waals surface area contributed by atoms with Crippen molar-refractivity contribution in [1.29, 1.82) is 0 Å². The monoisotopic (exact) mass is 344 g/mol. The molecule has 0 fully saturated rings. The van der Waals surface area contributed by atoms with E-state index in [2.05, 4.69) is 5.32 Å². The average Bonchev–Trinajstić information content (AvgIpc) is 3.08. The molecule has 2 rings (SSSR count). The van der Waals surface area contributed by atoms with Crippen molar-refractivity contribution in [2.45, 2.75) is 20.0 Å². The molecule has 8 nitrogen and oxygen atoms in total. The molecule has 0 bridgehead atoms. The van der Waals surface area contributed by atoms with E-state index in [1.165, 1.54) is 42.7 Å². The Morgan fingerprint density at radius 3 is 2.64 bits per heavy atom. The Morgan fingerprint density at radius 1 is 1.28 bits per heavy atom. The molecule has 1 heterocycles. The molecule has 0 spiro atoms. The van der Waals surface area contributed by atoms with Gasteiger partial charge in [-0.25, -0.2) is 4.79 Å². The van der Waals surface area contributed by atoms with Gasteiger partial charge < -0.3 is 14.5 Å². The SMILES string of the molecule is CC(C)OC(=O)/C(=C\c1cccc([N+](=O)[O-])c1)NC(=O)c1ccco1. The maximum Gasteiger partial charge on any atom is 0.355 e. The van der Waals surface area contributed by atoms with Crippen LogP contribution >= 0.6 is 0 Å². The van der Waals surface area contributed by atoms with Gasteiger partial charge in [-0.15, -0.1) is 0 Å². The first kappa shape index (κ1) is 17.9. The summed E-state index contributed by atoms with van der Waals surface area (Å²) in [7, 11) is 0. The van der Waals surface area contributed by atoms with Crippen LogP contribution in [0.5, 0.6) is 0 Å². The Balaban J connectivity index is 2.33. The predicted molar refractivity (Wildman–Crippen MR) is 88.5 cm³/mol. The van der Waals surface area contributed by atoms with Crippen LogP contribution in [-0.2, 0) is 9.53 Å². The Labute approximate surface area is 143 Å².